The Morgan fingerprint density at radius 3 is 1.10 bits per heavy atom. The van der Waals surface area contributed by atoms with E-state index in [0.29, 0.717) is 25.5 Å². The van der Waals surface area contributed by atoms with Crippen LogP contribution in [0.25, 0.3) is 0 Å². The first-order valence-electron chi connectivity index (χ1n) is 26.8. The lowest BCUT2D eigenvalue weighted by Crippen LogP contribution is -2.43. The summed E-state index contributed by atoms with van der Waals surface area (Å²) in [6.45, 7) is 6.19. The molecule has 0 spiro atoms. The summed E-state index contributed by atoms with van der Waals surface area (Å²) in [5, 5.41) is 12.5. The largest absolute Gasteiger partial charge is 0.481 e. The van der Waals surface area contributed by atoms with Gasteiger partial charge < -0.3 is 20.9 Å². The standard InChI is InChI=1S/C53H106N2O4/c1-3-4-5-6-7-8-9-24-29-34-39-44-49-59-53(58)47-42-37-32-27-22-18-14-11-15-19-23-28-33-38-43-48-55-51(50(2)54)45-40-35-30-25-20-16-12-10-13-17-21-26-31-36-41-46-52(56)57/h50-51,55H,3-49,54H2,1-2H3,(H,56,57). The lowest BCUT2D eigenvalue weighted by molar-refractivity contribution is -0.144. The van der Waals surface area contributed by atoms with Gasteiger partial charge in [0.25, 0.3) is 0 Å². The normalized spacial score (nSPS) is 12.6. The zero-order chi connectivity index (χ0) is 43.0. The highest BCUT2D eigenvalue weighted by atomic mass is 16.5. The maximum absolute atomic E-state index is 12.0. The van der Waals surface area contributed by atoms with E-state index in [4.69, 9.17) is 15.6 Å². The van der Waals surface area contributed by atoms with E-state index in [-0.39, 0.29) is 12.0 Å². The van der Waals surface area contributed by atoms with Gasteiger partial charge in [-0.25, -0.2) is 0 Å². The molecule has 0 aliphatic rings. The Hall–Kier alpha value is -1.14. The van der Waals surface area contributed by atoms with Crippen molar-refractivity contribution in [2.24, 2.45) is 5.73 Å². The van der Waals surface area contributed by atoms with Crippen LogP contribution in [-0.4, -0.2) is 42.3 Å². The molecular weight excluding hydrogens is 729 g/mol. The zero-order valence-electron chi connectivity index (χ0n) is 40.1. The number of esters is 1. The molecule has 59 heavy (non-hydrogen) atoms. The van der Waals surface area contributed by atoms with Crippen LogP contribution in [0.4, 0.5) is 0 Å². The SMILES string of the molecule is CCCCCCCCCCCCCCOC(=O)CCCCCCCCCCCCCCCCCNC(CCCCCCCCCCCCCCCCCC(=O)O)C(C)N. The number of nitrogens with two attached hydrogens (primary N) is 1. The number of carboxylic acids is 1. The van der Waals surface area contributed by atoms with Crippen molar-refractivity contribution in [2.75, 3.05) is 13.2 Å². The molecule has 0 fully saturated rings. The number of rotatable bonds is 51. The van der Waals surface area contributed by atoms with Crippen LogP contribution in [0.3, 0.4) is 0 Å². The second-order valence-corrected chi connectivity index (χ2v) is 18.8. The molecule has 6 nitrogen and oxygen atoms in total. The average Bonchev–Trinajstić information content (AvgIpc) is 3.22. The molecule has 0 heterocycles. The number of ether oxygens (including phenoxy) is 1. The molecule has 0 rings (SSSR count). The molecule has 0 amide bonds. The molecule has 0 radical (unpaired) electrons. The molecule has 0 saturated heterocycles. The number of carboxylic acid groups (broad SMARTS) is 1. The van der Waals surface area contributed by atoms with Gasteiger partial charge in [0.1, 0.15) is 0 Å². The molecule has 6 heteroatoms. The number of aliphatic carboxylic acids is 1. The Morgan fingerprint density at radius 1 is 0.441 bits per heavy atom. The lowest BCUT2D eigenvalue weighted by Gasteiger charge is -2.22. The van der Waals surface area contributed by atoms with Crippen molar-refractivity contribution < 1.29 is 19.4 Å². The Morgan fingerprint density at radius 2 is 0.746 bits per heavy atom. The molecule has 0 aromatic carbocycles. The topological polar surface area (TPSA) is 102 Å². The molecule has 0 bridgehead atoms. The maximum Gasteiger partial charge on any atom is 0.305 e. The summed E-state index contributed by atoms with van der Waals surface area (Å²) in [5.41, 5.74) is 6.34. The van der Waals surface area contributed by atoms with Crippen LogP contribution in [0, 0.1) is 0 Å². The van der Waals surface area contributed by atoms with E-state index in [1.54, 1.807) is 0 Å². The van der Waals surface area contributed by atoms with Crippen molar-refractivity contribution in [2.45, 2.75) is 315 Å². The van der Waals surface area contributed by atoms with E-state index in [2.05, 4.69) is 19.2 Å². The maximum atomic E-state index is 12.0. The number of carbonyl (C=O) groups excluding carboxylic acids is 1. The van der Waals surface area contributed by atoms with Gasteiger partial charge in [-0.15, -0.1) is 0 Å². The van der Waals surface area contributed by atoms with Crippen molar-refractivity contribution in [1.82, 2.24) is 5.32 Å². The summed E-state index contributed by atoms with van der Waals surface area (Å²) in [7, 11) is 0. The van der Waals surface area contributed by atoms with Crippen molar-refractivity contribution in [3.8, 4) is 0 Å². The smallest absolute Gasteiger partial charge is 0.305 e. The quantitative estimate of drug-likeness (QED) is 0.0417. The van der Waals surface area contributed by atoms with Crippen LogP contribution in [0.2, 0.25) is 0 Å². The summed E-state index contributed by atoms with van der Waals surface area (Å²) in [4.78, 5) is 22.6. The molecule has 0 aliphatic carbocycles. The van der Waals surface area contributed by atoms with Crippen molar-refractivity contribution in [3.63, 3.8) is 0 Å². The molecule has 4 N–H and O–H groups in total. The Kier molecular flexibility index (Phi) is 48.6. The van der Waals surface area contributed by atoms with Crippen LogP contribution in [0.1, 0.15) is 303 Å². The van der Waals surface area contributed by atoms with Gasteiger partial charge in [0, 0.05) is 24.9 Å². The molecule has 0 aromatic rings. The fourth-order valence-corrected chi connectivity index (χ4v) is 8.67. The van der Waals surface area contributed by atoms with Gasteiger partial charge in [0.05, 0.1) is 6.61 Å². The summed E-state index contributed by atoms with van der Waals surface area (Å²) in [6, 6.07) is 0.696. The molecule has 2 unspecified atom stereocenters. The van der Waals surface area contributed by atoms with Gasteiger partial charge in [-0.2, -0.15) is 0 Å². The third-order valence-corrected chi connectivity index (χ3v) is 12.8. The van der Waals surface area contributed by atoms with Gasteiger partial charge in [-0.3, -0.25) is 9.59 Å². The predicted molar refractivity (Wildman–Crippen MR) is 257 cm³/mol. The summed E-state index contributed by atoms with van der Waals surface area (Å²) in [6.07, 6.45) is 57.4. The first-order chi connectivity index (χ1) is 29.0. The van der Waals surface area contributed by atoms with Crippen LogP contribution < -0.4 is 11.1 Å². The zero-order valence-corrected chi connectivity index (χ0v) is 40.1. The van der Waals surface area contributed by atoms with Gasteiger partial charge in [0.2, 0.25) is 0 Å². The van der Waals surface area contributed by atoms with Crippen LogP contribution >= 0.6 is 0 Å². The molecule has 0 aromatic heterocycles. The van der Waals surface area contributed by atoms with E-state index < -0.39 is 5.97 Å². The van der Waals surface area contributed by atoms with Crippen LogP contribution in [0.15, 0.2) is 0 Å². The Bertz CT molecular complexity index is 836. The fraction of sp³-hybridized carbons (Fsp3) is 0.962. The van der Waals surface area contributed by atoms with Gasteiger partial charge >= 0.3 is 11.9 Å². The first-order valence-corrected chi connectivity index (χ1v) is 26.8. The van der Waals surface area contributed by atoms with Gasteiger partial charge in [0.15, 0.2) is 0 Å². The second kappa shape index (κ2) is 49.5. The number of hydrogen-bond donors (Lipinski definition) is 3. The summed E-state index contributed by atoms with van der Waals surface area (Å²) in [5.74, 6) is -0.640. The predicted octanol–water partition coefficient (Wildman–Crippen LogP) is 16.5. The highest BCUT2D eigenvalue weighted by molar-refractivity contribution is 5.69. The van der Waals surface area contributed by atoms with Crippen LogP contribution in [0.5, 0.6) is 0 Å². The minimum atomic E-state index is -0.658. The van der Waals surface area contributed by atoms with Crippen molar-refractivity contribution in [3.05, 3.63) is 0 Å². The molecule has 0 saturated carbocycles. The van der Waals surface area contributed by atoms with E-state index in [1.807, 2.05) is 0 Å². The highest BCUT2D eigenvalue weighted by Gasteiger charge is 2.12. The number of nitrogens with one attached hydrogen (secondary N) is 1. The number of unbranched alkanes of at least 4 members (excludes halogenated alkanes) is 39. The molecule has 2 atom stereocenters. The minimum Gasteiger partial charge on any atom is -0.481 e. The summed E-state index contributed by atoms with van der Waals surface area (Å²) < 4.78 is 5.47. The second-order valence-electron chi connectivity index (χ2n) is 18.8. The van der Waals surface area contributed by atoms with E-state index >= 15 is 0 Å². The number of hydrogen-bond acceptors (Lipinski definition) is 5. The van der Waals surface area contributed by atoms with Gasteiger partial charge in [-0.1, -0.05) is 251 Å². The third-order valence-electron chi connectivity index (χ3n) is 12.8. The number of carbonyl (C=O) groups is 2. The van der Waals surface area contributed by atoms with E-state index in [1.165, 1.54) is 250 Å². The highest BCUT2D eigenvalue weighted by Crippen LogP contribution is 2.17. The lowest BCUT2D eigenvalue weighted by atomic mass is 10.0. The van der Waals surface area contributed by atoms with Crippen LogP contribution in [-0.2, 0) is 14.3 Å². The monoisotopic (exact) mass is 835 g/mol. The average molecular weight is 835 g/mol. The Balaban J connectivity index is 3.35. The van der Waals surface area contributed by atoms with Crippen molar-refractivity contribution in [1.29, 1.82) is 0 Å². The Labute approximate surface area is 369 Å². The van der Waals surface area contributed by atoms with E-state index in [9.17, 15) is 9.59 Å². The minimum absolute atomic E-state index is 0.0184. The van der Waals surface area contributed by atoms with E-state index in [0.717, 1.165) is 32.2 Å². The summed E-state index contributed by atoms with van der Waals surface area (Å²) >= 11 is 0. The van der Waals surface area contributed by atoms with Crippen molar-refractivity contribution >= 4 is 11.9 Å². The molecule has 0 aliphatic heterocycles. The first kappa shape index (κ1) is 57.9. The van der Waals surface area contributed by atoms with Gasteiger partial charge in [-0.05, 0) is 45.6 Å². The fourth-order valence-electron chi connectivity index (χ4n) is 8.67. The molecular formula is C53H106N2O4. The third kappa shape index (κ3) is 49.4. The molecule has 352 valence electrons.